The molecule has 1 unspecified atom stereocenters. The largest absolute Gasteiger partial charge is 0.372 e. The van der Waals surface area contributed by atoms with E-state index in [0.717, 1.165) is 0 Å². The number of hydrogen-bond acceptors (Lipinski definition) is 4. The van der Waals surface area contributed by atoms with Gasteiger partial charge in [-0.3, -0.25) is 9.78 Å². The van der Waals surface area contributed by atoms with E-state index >= 15 is 0 Å². The van der Waals surface area contributed by atoms with E-state index in [1.807, 2.05) is 13.8 Å². The zero-order chi connectivity index (χ0) is 13.5. The van der Waals surface area contributed by atoms with Gasteiger partial charge in [-0.15, -0.1) is 0 Å². The number of hydrogen-bond donors (Lipinski definition) is 2. The van der Waals surface area contributed by atoms with Crippen molar-refractivity contribution in [3.8, 4) is 6.07 Å². The minimum absolute atomic E-state index is 0.0866. The number of anilines is 1. The smallest absolute Gasteiger partial charge is 0.242 e. The van der Waals surface area contributed by atoms with E-state index in [1.54, 1.807) is 25.4 Å². The zero-order valence-electron chi connectivity index (χ0n) is 10.9. The average Bonchev–Trinajstić information content (AvgIpc) is 2.36. The minimum Gasteiger partial charge on any atom is -0.372 e. The molecule has 0 aliphatic carbocycles. The van der Waals surface area contributed by atoms with Crippen LogP contribution in [0.5, 0.6) is 0 Å². The topological polar surface area (TPSA) is 77.8 Å². The summed E-state index contributed by atoms with van der Waals surface area (Å²) in [4.78, 5) is 15.7. The molecule has 1 atom stereocenters. The van der Waals surface area contributed by atoms with Crippen molar-refractivity contribution in [2.75, 3.05) is 11.9 Å². The highest BCUT2D eigenvalue weighted by atomic mass is 16.2. The predicted molar refractivity (Wildman–Crippen MR) is 69.9 cm³/mol. The third kappa shape index (κ3) is 4.06. The summed E-state index contributed by atoms with van der Waals surface area (Å²) in [7, 11) is 0. The van der Waals surface area contributed by atoms with Gasteiger partial charge in [0.15, 0.2) is 0 Å². The number of carbonyl (C=O) groups excluding carboxylic acids is 1. The van der Waals surface area contributed by atoms with Gasteiger partial charge in [-0.05, 0) is 18.9 Å². The molecule has 18 heavy (non-hydrogen) atoms. The molecule has 0 fully saturated rings. The van der Waals surface area contributed by atoms with E-state index in [-0.39, 0.29) is 5.91 Å². The first-order valence-electron chi connectivity index (χ1n) is 5.93. The lowest BCUT2D eigenvalue weighted by molar-refractivity contribution is -0.121. The fourth-order valence-electron chi connectivity index (χ4n) is 1.36. The Morgan fingerprint density at radius 3 is 2.83 bits per heavy atom. The zero-order valence-corrected chi connectivity index (χ0v) is 10.9. The lowest BCUT2D eigenvalue weighted by Gasteiger charge is -2.16. The number of pyridine rings is 1. The second-order valence-electron chi connectivity index (χ2n) is 4.54. The van der Waals surface area contributed by atoms with Crippen LogP contribution >= 0.6 is 0 Å². The molecule has 5 nitrogen and oxygen atoms in total. The van der Waals surface area contributed by atoms with Crippen molar-refractivity contribution >= 4 is 11.6 Å². The Morgan fingerprint density at radius 1 is 1.50 bits per heavy atom. The normalized spacial score (nSPS) is 11.7. The molecule has 1 amide bonds. The number of rotatable bonds is 5. The van der Waals surface area contributed by atoms with E-state index in [2.05, 4.69) is 21.7 Å². The molecule has 96 valence electrons. The van der Waals surface area contributed by atoms with Crippen LogP contribution < -0.4 is 10.6 Å². The molecule has 1 aromatic heterocycles. The molecule has 0 aliphatic heterocycles. The number of amides is 1. The lowest BCUT2D eigenvalue weighted by Crippen LogP contribution is -2.39. The second-order valence-corrected chi connectivity index (χ2v) is 4.54. The molecule has 1 heterocycles. The van der Waals surface area contributed by atoms with Crippen molar-refractivity contribution in [3.05, 3.63) is 24.0 Å². The Morgan fingerprint density at radius 2 is 2.22 bits per heavy atom. The molecule has 0 spiro atoms. The van der Waals surface area contributed by atoms with Crippen LogP contribution in [-0.4, -0.2) is 23.5 Å². The highest BCUT2D eigenvalue weighted by Gasteiger charge is 2.14. The van der Waals surface area contributed by atoms with Crippen molar-refractivity contribution in [3.63, 3.8) is 0 Å². The maximum Gasteiger partial charge on any atom is 0.242 e. The molecule has 0 radical (unpaired) electrons. The van der Waals surface area contributed by atoms with Gasteiger partial charge in [0.25, 0.3) is 0 Å². The third-order valence-electron chi connectivity index (χ3n) is 2.39. The number of nitrogens with one attached hydrogen (secondary N) is 2. The minimum atomic E-state index is -0.403. The first kappa shape index (κ1) is 14.0. The Hall–Kier alpha value is -2.09. The first-order valence-corrected chi connectivity index (χ1v) is 5.93. The molecule has 1 aromatic rings. The van der Waals surface area contributed by atoms with E-state index in [0.29, 0.717) is 23.7 Å². The number of aromatic nitrogens is 1. The monoisotopic (exact) mass is 246 g/mol. The van der Waals surface area contributed by atoms with E-state index in [1.165, 1.54) is 0 Å². The lowest BCUT2D eigenvalue weighted by atomic mass is 10.2. The SMILES string of the molecule is CC(C)CNC(=O)C(C)Nc1cnccc1C#N. The Kier molecular flexibility index (Phi) is 5.12. The Balaban J connectivity index is 2.61. The maximum absolute atomic E-state index is 11.8. The molecular weight excluding hydrogens is 228 g/mol. The van der Waals surface area contributed by atoms with Crippen LogP contribution in [0, 0.1) is 17.2 Å². The summed E-state index contributed by atoms with van der Waals surface area (Å²) in [6.45, 7) is 6.47. The van der Waals surface area contributed by atoms with E-state index in [9.17, 15) is 4.79 Å². The number of nitrogens with zero attached hydrogens (tertiary/aromatic N) is 2. The average molecular weight is 246 g/mol. The van der Waals surface area contributed by atoms with Crippen LogP contribution in [0.1, 0.15) is 26.3 Å². The van der Waals surface area contributed by atoms with Crippen molar-refractivity contribution in [2.45, 2.75) is 26.8 Å². The van der Waals surface area contributed by atoms with Crippen LogP contribution in [0.15, 0.2) is 18.5 Å². The summed E-state index contributed by atoms with van der Waals surface area (Å²) in [5, 5.41) is 14.8. The van der Waals surface area contributed by atoms with Gasteiger partial charge in [-0.25, -0.2) is 0 Å². The molecule has 0 saturated carbocycles. The molecule has 1 rings (SSSR count). The number of carbonyl (C=O) groups is 1. The molecule has 5 heteroatoms. The van der Waals surface area contributed by atoms with Crippen LogP contribution in [0.2, 0.25) is 0 Å². The summed E-state index contributed by atoms with van der Waals surface area (Å²) < 4.78 is 0. The molecule has 0 aliphatic rings. The van der Waals surface area contributed by atoms with Crippen molar-refractivity contribution < 1.29 is 4.79 Å². The summed E-state index contributed by atoms with van der Waals surface area (Å²) >= 11 is 0. The van der Waals surface area contributed by atoms with Crippen LogP contribution in [-0.2, 0) is 4.79 Å². The van der Waals surface area contributed by atoms with Crippen LogP contribution in [0.3, 0.4) is 0 Å². The van der Waals surface area contributed by atoms with E-state index in [4.69, 9.17) is 5.26 Å². The Bertz CT molecular complexity index is 451. The second kappa shape index (κ2) is 6.60. The molecule has 0 saturated heterocycles. The van der Waals surface area contributed by atoms with Gasteiger partial charge in [0.1, 0.15) is 12.1 Å². The van der Waals surface area contributed by atoms with Gasteiger partial charge >= 0.3 is 0 Å². The highest BCUT2D eigenvalue weighted by Crippen LogP contribution is 2.12. The van der Waals surface area contributed by atoms with Gasteiger partial charge in [0, 0.05) is 12.7 Å². The fraction of sp³-hybridized carbons (Fsp3) is 0.462. The van der Waals surface area contributed by atoms with Gasteiger partial charge in [-0.1, -0.05) is 13.8 Å². The quantitative estimate of drug-likeness (QED) is 0.825. The molecule has 2 N–H and O–H groups in total. The molecule has 0 aromatic carbocycles. The maximum atomic E-state index is 11.8. The summed E-state index contributed by atoms with van der Waals surface area (Å²) in [6.07, 6.45) is 3.10. The highest BCUT2D eigenvalue weighted by molar-refractivity contribution is 5.84. The Labute approximate surface area is 107 Å². The predicted octanol–water partition coefficient (Wildman–Crippen LogP) is 1.53. The van der Waals surface area contributed by atoms with Gasteiger partial charge in [0.05, 0.1) is 17.4 Å². The van der Waals surface area contributed by atoms with E-state index < -0.39 is 6.04 Å². The summed E-state index contributed by atoms with van der Waals surface area (Å²) in [6, 6.07) is 3.27. The molecular formula is C13H18N4O. The first-order chi connectivity index (χ1) is 8.54. The van der Waals surface area contributed by atoms with Crippen molar-refractivity contribution in [1.82, 2.24) is 10.3 Å². The molecule has 0 bridgehead atoms. The third-order valence-corrected chi connectivity index (χ3v) is 2.39. The van der Waals surface area contributed by atoms with Gasteiger partial charge < -0.3 is 10.6 Å². The summed E-state index contributed by atoms with van der Waals surface area (Å²) in [5.74, 6) is 0.325. The summed E-state index contributed by atoms with van der Waals surface area (Å²) in [5.41, 5.74) is 1.06. The van der Waals surface area contributed by atoms with Crippen molar-refractivity contribution in [1.29, 1.82) is 5.26 Å². The van der Waals surface area contributed by atoms with Crippen LogP contribution in [0.4, 0.5) is 5.69 Å². The fourth-order valence-corrected chi connectivity index (χ4v) is 1.36. The van der Waals surface area contributed by atoms with Gasteiger partial charge in [-0.2, -0.15) is 5.26 Å². The number of nitriles is 1. The standard InChI is InChI=1S/C13H18N4O/c1-9(2)7-16-13(18)10(3)17-12-8-15-5-4-11(12)6-14/h4-5,8-10,17H,7H2,1-3H3,(H,16,18). The van der Waals surface area contributed by atoms with Crippen molar-refractivity contribution in [2.24, 2.45) is 5.92 Å². The van der Waals surface area contributed by atoms with Gasteiger partial charge in [0.2, 0.25) is 5.91 Å². The van der Waals surface area contributed by atoms with Crippen LogP contribution in [0.25, 0.3) is 0 Å².